The predicted molar refractivity (Wildman–Crippen MR) is 107 cm³/mol. The summed E-state index contributed by atoms with van der Waals surface area (Å²) in [5.41, 5.74) is 6.37. The average Bonchev–Trinajstić information content (AvgIpc) is 2.70. The second-order valence-corrected chi connectivity index (χ2v) is 7.05. The normalized spacial score (nSPS) is 16.0. The molecule has 8 nitrogen and oxygen atoms in total. The third-order valence-electron chi connectivity index (χ3n) is 4.68. The molecule has 1 aromatic rings. The van der Waals surface area contributed by atoms with Crippen molar-refractivity contribution in [3.63, 3.8) is 0 Å². The number of unbranched alkanes of at least 4 members (excludes halogenated alkanes) is 3. The lowest BCUT2D eigenvalue weighted by Gasteiger charge is -2.30. The fourth-order valence-electron chi connectivity index (χ4n) is 2.98. The van der Waals surface area contributed by atoms with Crippen LogP contribution < -0.4 is 10.5 Å². The summed E-state index contributed by atoms with van der Waals surface area (Å²) >= 11 is 0. The number of hydrogen-bond donors (Lipinski definition) is 6. The van der Waals surface area contributed by atoms with Crippen LogP contribution in [-0.2, 0) is 6.54 Å². The Kier molecular flexibility index (Phi) is 12.2. The van der Waals surface area contributed by atoms with Gasteiger partial charge in [-0.2, -0.15) is 0 Å². The van der Waals surface area contributed by atoms with Crippen LogP contribution in [0.4, 0.5) is 0 Å². The maximum absolute atomic E-state index is 10.3. The molecule has 0 heterocycles. The standard InChI is InChI=1S/C20H36N2O6/c1-2-3-4-5-10-22(11-15-6-8-16(9-7-15)28-14-21)12-17(24)19(26)20(27)18(25)13-23/h6-9,17-20,23-27H,2-5,10-14,21H2,1H3/t17-,18+,19+,20+/m0/s1. The molecule has 0 aliphatic heterocycles. The molecule has 0 saturated carbocycles. The van der Waals surface area contributed by atoms with Crippen molar-refractivity contribution in [2.75, 3.05) is 26.4 Å². The molecule has 162 valence electrons. The summed E-state index contributed by atoms with van der Waals surface area (Å²) in [6, 6.07) is 7.47. The Labute approximate surface area is 167 Å². The molecular weight excluding hydrogens is 364 g/mol. The summed E-state index contributed by atoms with van der Waals surface area (Å²) in [7, 11) is 0. The lowest BCUT2D eigenvalue weighted by atomic mass is 10.0. The van der Waals surface area contributed by atoms with Crippen molar-refractivity contribution >= 4 is 0 Å². The van der Waals surface area contributed by atoms with Crippen molar-refractivity contribution in [2.24, 2.45) is 5.73 Å². The average molecular weight is 401 g/mol. The molecule has 8 heteroatoms. The van der Waals surface area contributed by atoms with Crippen LogP contribution in [0, 0.1) is 0 Å². The van der Waals surface area contributed by atoms with E-state index in [9.17, 15) is 20.4 Å². The SMILES string of the molecule is CCCCCCN(Cc1ccc(OCN)cc1)C[C@H](O)[C@@H](O)[C@H](O)[C@H](O)CO. The Bertz CT molecular complexity index is 516. The molecule has 0 fully saturated rings. The van der Waals surface area contributed by atoms with Gasteiger partial charge in [-0.3, -0.25) is 10.6 Å². The minimum absolute atomic E-state index is 0.106. The van der Waals surface area contributed by atoms with Crippen LogP contribution in [0.5, 0.6) is 5.75 Å². The first kappa shape index (κ1) is 24.8. The molecular formula is C20H36N2O6. The number of nitrogens with two attached hydrogens (primary N) is 1. The van der Waals surface area contributed by atoms with Crippen LogP contribution in [0.25, 0.3) is 0 Å². The molecule has 0 aromatic heterocycles. The van der Waals surface area contributed by atoms with E-state index < -0.39 is 31.0 Å². The summed E-state index contributed by atoms with van der Waals surface area (Å²) in [6.45, 7) is 2.96. The highest BCUT2D eigenvalue weighted by Gasteiger charge is 2.31. The number of aliphatic hydroxyl groups excluding tert-OH is 5. The van der Waals surface area contributed by atoms with E-state index in [4.69, 9.17) is 15.6 Å². The van der Waals surface area contributed by atoms with Crippen LogP contribution in [0.15, 0.2) is 24.3 Å². The van der Waals surface area contributed by atoms with Gasteiger partial charge in [0, 0.05) is 13.1 Å². The number of hydrogen-bond acceptors (Lipinski definition) is 8. The first-order valence-electron chi connectivity index (χ1n) is 9.90. The zero-order valence-corrected chi connectivity index (χ0v) is 16.7. The van der Waals surface area contributed by atoms with Crippen LogP contribution in [0.3, 0.4) is 0 Å². The summed E-state index contributed by atoms with van der Waals surface area (Å²) < 4.78 is 5.23. The summed E-state index contributed by atoms with van der Waals surface area (Å²) in [6.07, 6.45) is -1.66. The highest BCUT2D eigenvalue weighted by molar-refractivity contribution is 5.27. The summed E-state index contributed by atoms with van der Waals surface area (Å²) in [5.74, 6) is 0.678. The van der Waals surface area contributed by atoms with Crippen LogP contribution in [0.1, 0.15) is 38.2 Å². The number of rotatable bonds is 15. The predicted octanol–water partition coefficient (Wildman–Crippen LogP) is -0.200. The molecule has 0 unspecified atom stereocenters. The van der Waals surface area contributed by atoms with Gasteiger partial charge in [0.25, 0.3) is 0 Å². The topological polar surface area (TPSA) is 140 Å². The number of benzene rings is 1. The van der Waals surface area contributed by atoms with Gasteiger partial charge >= 0.3 is 0 Å². The Morgan fingerprint density at radius 1 is 0.964 bits per heavy atom. The fraction of sp³-hybridized carbons (Fsp3) is 0.700. The van der Waals surface area contributed by atoms with E-state index in [0.29, 0.717) is 12.3 Å². The van der Waals surface area contributed by atoms with Crippen molar-refractivity contribution in [1.29, 1.82) is 0 Å². The molecule has 0 bridgehead atoms. The van der Waals surface area contributed by atoms with E-state index in [2.05, 4.69) is 6.92 Å². The minimum Gasteiger partial charge on any atom is -0.479 e. The molecule has 0 amide bonds. The molecule has 7 N–H and O–H groups in total. The summed E-state index contributed by atoms with van der Waals surface area (Å²) in [5, 5.41) is 48.6. The fourth-order valence-corrected chi connectivity index (χ4v) is 2.98. The van der Waals surface area contributed by atoms with Gasteiger partial charge in [-0.15, -0.1) is 0 Å². The van der Waals surface area contributed by atoms with Crippen molar-refractivity contribution in [3.8, 4) is 5.75 Å². The number of aliphatic hydroxyl groups is 5. The number of ether oxygens (including phenoxy) is 1. The smallest absolute Gasteiger partial charge is 0.137 e. The Morgan fingerprint density at radius 3 is 2.18 bits per heavy atom. The van der Waals surface area contributed by atoms with E-state index in [1.807, 2.05) is 29.2 Å². The highest BCUT2D eigenvalue weighted by Crippen LogP contribution is 2.15. The van der Waals surface area contributed by atoms with E-state index >= 15 is 0 Å². The van der Waals surface area contributed by atoms with Gasteiger partial charge in [0.15, 0.2) is 0 Å². The lowest BCUT2D eigenvalue weighted by molar-refractivity contribution is -0.119. The molecule has 28 heavy (non-hydrogen) atoms. The number of nitrogens with zero attached hydrogens (tertiary/aromatic N) is 1. The zero-order chi connectivity index (χ0) is 20.9. The quantitative estimate of drug-likeness (QED) is 0.176. The van der Waals surface area contributed by atoms with Gasteiger partial charge in [0.05, 0.1) is 12.7 Å². The van der Waals surface area contributed by atoms with Crippen LogP contribution in [-0.4, -0.2) is 81.3 Å². The third-order valence-corrected chi connectivity index (χ3v) is 4.68. The summed E-state index contributed by atoms with van der Waals surface area (Å²) in [4.78, 5) is 2.00. The van der Waals surface area contributed by atoms with E-state index in [-0.39, 0.29) is 13.3 Å². The van der Waals surface area contributed by atoms with Gasteiger partial charge in [0.1, 0.15) is 30.8 Å². The maximum atomic E-state index is 10.3. The second kappa shape index (κ2) is 13.8. The Hall–Kier alpha value is -1.26. The van der Waals surface area contributed by atoms with Gasteiger partial charge in [-0.05, 0) is 30.7 Å². The molecule has 1 aromatic carbocycles. The molecule has 0 spiro atoms. The Morgan fingerprint density at radius 2 is 1.61 bits per heavy atom. The van der Waals surface area contributed by atoms with Crippen molar-refractivity contribution in [3.05, 3.63) is 29.8 Å². The minimum atomic E-state index is -1.62. The molecule has 0 saturated heterocycles. The molecule has 0 radical (unpaired) electrons. The zero-order valence-electron chi connectivity index (χ0n) is 16.7. The van der Waals surface area contributed by atoms with Gasteiger partial charge < -0.3 is 30.3 Å². The largest absolute Gasteiger partial charge is 0.479 e. The van der Waals surface area contributed by atoms with Gasteiger partial charge in [-0.25, -0.2) is 0 Å². The first-order chi connectivity index (χ1) is 13.4. The lowest BCUT2D eigenvalue weighted by Crippen LogP contribution is -2.49. The Balaban J connectivity index is 2.71. The van der Waals surface area contributed by atoms with Crippen LogP contribution >= 0.6 is 0 Å². The van der Waals surface area contributed by atoms with Gasteiger partial charge in [0.2, 0.25) is 0 Å². The van der Waals surface area contributed by atoms with Crippen LogP contribution in [0.2, 0.25) is 0 Å². The van der Waals surface area contributed by atoms with E-state index in [1.165, 1.54) is 0 Å². The van der Waals surface area contributed by atoms with Crippen molar-refractivity contribution in [1.82, 2.24) is 4.90 Å². The van der Waals surface area contributed by atoms with E-state index in [1.54, 1.807) is 0 Å². The maximum Gasteiger partial charge on any atom is 0.137 e. The van der Waals surface area contributed by atoms with Gasteiger partial charge in [-0.1, -0.05) is 38.3 Å². The first-order valence-corrected chi connectivity index (χ1v) is 9.90. The highest BCUT2D eigenvalue weighted by atomic mass is 16.5. The molecule has 0 aliphatic carbocycles. The monoisotopic (exact) mass is 400 g/mol. The molecule has 0 aliphatic rings. The molecule has 1 rings (SSSR count). The van der Waals surface area contributed by atoms with Crippen molar-refractivity contribution in [2.45, 2.75) is 63.6 Å². The molecule has 4 atom stereocenters. The third kappa shape index (κ3) is 8.83. The van der Waals surface area contributed by atoms with Crippen molar-refractivity contribution < 1.29 is 30.3 Å². The second-order valence-electron chi connectivity index (χ2n) is 7.05. The van der Waals surface area contributed by atoms with E-state index in [0.717, 1.165) is 37.8 Å².